The highest BCUT2D eigenvalue weighted by Crippen LogP contribution is 2.47. The largest absolute Gasteiger partial charge is 0.512 e. The van der Waals surface area contributed by atoms with Crippen LogP contribution in [0.2, 0.25) is 0 Å². The number of hydrogen-bond donors (Lipinski definition) is 3. The van der Waals surface area contributed by atoms with Gasteiger partial charge in [0.15, 0.2) is 0 Å². The first-order chi connectivity index (χ1) is 9.97. The summed E-state index contributed by atoms with van der Waals surface area (Å²) in [4.78, 5) is 28.7. The summed E-state index contributed by atoms with van der Waals surface area (Å²) in [6.45, 7) is 2.04. The van der Waals surface area contributed by atoms with Crippen molar-refractivity contribution < 1.29 is 24.5 Å². The van der Waals surface area contributed by atoms with E-state index in [1.807, 2.05) is 0 Å². The van der Waals surface area contributed by atoms with E-state index < -0.39 is 18.2 Å². The Labute approximate surface area is 125 Å². The number of β-lactam (4-membered cyclic amide) rings is 1. The molecule has 8 nitrogen and oxygen atoms in total. The number of carboxylic acid groups (broad SMARTS) is 1. The molecule has 0 aromatic rings. The number of ether oxygens (including phenoxy) is 1. The van der Waals surface area contributed by atoms with Crippen LogP contribution in [0.4, 0.5) is 4.79 Å². The molecule has 9 heteroatoms. The second-order valence-corrected chi connectivity index (χ2v) is 5.94. The van der Waals surface area contributed by atoms with Crippen LogP contribution >= 0.6 is 11.8 Å². The Bertz CT molecular complexity index is 505. The highest BCUT2D eigenvalue weighted by Gasteiger charge is 2.56. The molecule has 0 radical (unpaired) electrons. The van der Waals surface area contributed by atoms with Crippen molar-refractivity contribution in [1.29, 1.82) is 0 Å². The number of aliphatic imine (C=N–C) groups is 1. The van der Waals surface area contributed by atoms with Gasteiger partial charge in [-0.15, -0.1) is 11.8 Å². The fourth-order valence-electron chi connectivity index (χ4n) is 2.58. The van der Waals surface area contributed by atoms with Crippen molar-refractivity contribution in [3.63, 3.8) is 0 Å². The second kappa shape index (κ2) is 6.35. The van der Waals surface area contributed by atoms with Gasteiger partial charge in [0.05, 0.1) is 30.9 Å². The molecular formula is C12H17N3O5S. The van der Waals surface area contributed by atoms with Gasteiger partial charge in [-0.3, -0.25) is 14.7 Å². The Hall–Kier alpha value is -1.74. The number of fused-ring (bicyclic) bond motifs is 1. The van der Waals surface area contributed by atoms with Gasteiger partial charge in [0.2, 0.25) is 11.8 Å². The Morgan fingerprint density at radius 1 is 1.71 bits per heavy atom. The van der Waals surface area contributed by atoms with Gasteiger partial charge in [0.25, 0.3) is 0 Å². The predicted molar refractivity (Wildman–Crippen MR) is 76.6 cm³/mol. The number of thioether (sulfide) groups is 1. The van der Waals surface area contributed by atoms with Gasteiger partial charge in [-0.1, -0.05) is 0 Å². The third-order valence-corrected chi connectivity index (χ3v) is 4.50. The summed E-state index contributed by atoms with van der Waals surface area (Å²) in [5.41, 5.74) is 5.14. The van der Waals surface area contributed by atoms with Gasteiger partial charge >= 0.3 is 6.16 Å². The molecule has 0 aromatic carbocycles. The molecule has 1 saturated heterocycles. The van der Waals surface area contributed by atoms with Gasteiger partial charge in [-0.25, -0.2) is 4.79 Å². The quantitative estimate of drug-likeness (QED) is 0.210. The first kappa shape index (κ1) is 15.6. The van der Waals surface area contributed by atoms with Crippen LogP contribution < -0.4 is 5.73 Å². The maximum Gasteiger partial charge on any atom is 0.512 e. The zero-order chi connectivity index (χ0) is 15.6. The number of aliphatic hydroxyl groups excluding tert-OH is 1. The molecule has 4 N–H and O–H groups in total. The molecule has 0 spiro atoms. The number of hydrogen-bond acceptors (Lipinski definition) is 6. The topological polar surface area (TPSA) is 125 Å². The van der Waals surface area contributed by atoms with Gasteiger partial charge in [-0.05, 0) is 6.92 Å². The molecule has 0 saturated carbocycles. The molecule has 2 aliphatic heterocycles. The van der Waals surface area contributed by atoms with Gasteiger partial charge in [0.1, 0.15) is 0 Å². The third kappa shape index (κ3) is 2.98. The average molecular weight is 315 g/mol. The Morgan fingerprint density at radius 3 is 3.00 bits per heavy atom. The number of nitrogens with two attached hydrogens (primary N) is 1. The van der Waals surface area contributed by atoms with E-state index in [4.69, 9.17) is 15.6 Å². The van der Waals surface area contributed by atoms with Crippen LogP contribution in [0.5, 0.6) is 0 Å². The Balaban J connectivity index is 2.10. The van der Waals surface area contributed by atoms with Crippen LogP contribution in [0.15, 0.2) is 15.8 Å². The monoisotopic (exact) mass is 315 g/mol. The van der Waals surface area contributed by atoms with Crippen molar-refractivity contribution in [3.05, 3.63) is 10.8 Å². The summed E-state index contributed by atoms with van der Waals surface area (Å²) >= 11 is 1.38. The van der Waals surface area contributed by atoms with Crippen molar-refractivity contribution >= 4 is 30.2 Å². The van der Waals surface area contributed by atoms with Gasteiger partial charge < -0.3 is 20.7 Å². The number of aliphatic hydroxyl groups is 1. The van der Waals surface area contributed by atoms with E-state index in [9.17, 15) is 14.7 Å². The number of rotatable bonds is 6. The molecule has 0 aliphatic carbocycles. The van der Waals surface area contributed by atoms with Gasteiger partial charge in [-0.2, -0.15) is 0 Å². The molecule has 2 heterocycles. The zero-order valence-corrected chi connectivity index (χ0v) is 12.2. The minimum atomic E-state index is -1.46. The van der Waals surface area contributed by atoms with Crippen LogP contribution in [0.25, 0.3) is 0 Å². The lowest BCUT2D eigenvalue weighted by molar-refractivity contribution is -0.160. The molecule has 3 atom stereocenters. The van der Waals surface area contributed by atoms with E-state index in [-0.39, 0.29) is 17.8 Å². The van der Waals surface area contributed by atoms with Crippen LogP contribution in [-0.4, -0.2) is 58.0 Å². The fourth-order valence-corrected chi connectivity index (χ4v) is 3.58. The van der Waals surface area contributed by atoms with Crippen LogP contribution in [0.3, 0.4) is 0 Å². The number of carbonyl (C=O) groups excluding carboxylic acids is 1. The lowest BCUT2D eigenvalue weighted by Gasteiger charge is -2.44. The summed E-state index contributed by atoms with van der Waals surface area (Å²) in [6, 6.07) is -0.229. The molecule has 0 aromatic heterocycles. The summed E-state index contributed by atoms with van der Waals surface area (Å²) in [5, 5.41) is 18.4. The van der Waals surface area contributed by atoms with Gasteiger partial charge in [0, 0.05) is 17.1 Å². The predicted octanol–water partition coefficient (Wildman–Crippen LogP) is 0.182. The maximum absolute atomic E-state index is 12.0. The standard InChI is InChI=1S/C12H17N3O5S/c1-6(16)9-7-4-8(21-3-2-14-5-13)11(20-12(18)19)15(7)10(9)17/h5-7,9,16H,2-4H2,1H3,(H2,13,14)(H,18,19)/t6-,7-,9-/m1/s1. The molecule has 116 valence electrons. The van der Waals surface area contributed by atoms with E-state index in [1.54, 1.807) is 6.92 Å². The average Bonchev–Trinajstić information content (AvgIpc) is 2.67. The van der Waals surface area contributed by atoms with Crippen molar-refractivity contribution in [3.8, 4) is 0 Å². The van der Waals surface area contributed by atoms with E-state index in [1.165, 1.54) is 23.0 Å². The first-order valence-corrected chi connectivity index (χ1v) is 7.43. The minimum absolute atomic E-state index is 0.0659. The molecule has 2 aliphatic rings. The maximum atomic E-state index is 12.0. The molecule has 21 heavy (non-hydrogen) atoms. The molecule has 1 fully saturated rings. The molecule has 0 bridgehead atoms. The molecule has 1 amide bonds. The SMILES string of the molecule is C[C@@H](O)[C@H]1C(=O)N2C(OC(=O)O)=C(SCCN=CN)C[C@H]12. The fraction of sp³-hybridized carbons (Fsp3) is 0.583. The van der Waals surface area contributed by atoms with Crippen molar-refractivity contribution in [2.24, 2.45) is 16.6 Å². The summed E-state index contributed by atoms with van der Waals surface area (Å²) < 4.78 is 4.75. The second-order valence-electron chi connectivity index (χ2n) is 4.75. The van der Waals surface area contributed by atoms with Crippen LogP contribution in [0.1, 0.15) is 13.3 Å². The van der Waals surface area contributed by atoms with Crippen LogP contribution in [-0.2, 0) is 9.53 Å². The van der Waals surface area contributed by atoms with E-state index in [2.05, 4.69) is 4.99 Å². The minimum Gasteiger partial charge on any atom is -0.449 e. The number of nitrogens with zero attached hydrogens (tertiary/aromatic N) is 2. The van der Waals surface area contributed by atoms with Crippen molar-refractivity contribution in [1.82, 2.24) is 4.90 Å². The summed E-state index contributed by atoms with van der Waals surface area (Å²) in [5.74, 6) is -0.139. The molecular weight excluding hydrogens is 298 g/mol. The number of carbonyl (C=O) groups is 2. The molecule has 2 rings (SSSR count). The van der Waals surface area contributed by atoms with E-state index in [0.29, 0.717) is 23.6 Å². The summed E-state index contributed by atoms with van der Waals surface area (Å²) in [7, 11) is 0. The lowest BCUT2D eigenvalue weighted by atomic mass is 9.84. The summed E-state index contributed by atoms with van der Waals surface area (Å²) in [6.07, 6.45) is -0.535. The zero-order valence-electron chi connectivity index (χ0n) is 11.4. The van der Waals surface area contributed by atoms with E-state index in [0.717, 1.165) is 0 Å². The highest BCUT2D eigenvalue weighted by atomic mass is 32.2. The third-order valence-electron chi connectivity index (χ3n) is 3.43. The Kier molecular flexibility index (Phi) is 4.73. The highest BCUT2D eigenvalue weighted by molar-refractivity contribution is 8.03. The first-order valence-electron chi connectivity index (χ1n) is 6.45. The number of amides is 1. The normalized spacial score (nSPS) is 26.0. The van der Waals surface area contributed by atoms with Crippen molar-refractivity contribution in [2.45, 2.75) is 25.5 Å². The van der Waals surface area contributed by atoms with Crippen LogP contribution in [0, 0.1) is 5.92 Å². The van der Waals surface area contributed by atoms with E-state index >= 15 is 0 Å². The van der Waals surface area contributed by atoms with Crippen molar-refractivity contribution in [2.75, 3.05) is 12.3 Å². The smallest absolute Gasteiger partial charge is 0.449 e. The lowest BCUT2D eigenvalue weighted by Crippen LogP contribution is -2.61. The molecule has 0 unspecified atom stereocenters. The Morgan fingerprint density at radius 2 is 2.43 bits per heavy atom.